The predicted octanol–water partition coefficient (Wildman–Crippen LogP) is 8.27. The number of amidine groups is 1. The van der Waals surface area contributed by atoms with Crippen LogP contribution in [0.2, 0.25) is 0 Å². The number of methoxy groups -OCH3 is 1. The second-order valence-corrected chi connectivity index (χ2v) is 11.0. The van der Waals surface area contributed by atoms with Gasteiger partial charge in [0.1, 0.15) is 6.61 Å². The molecule has 1 aliphatic rings. The topological polar surface area (TPSA) is 74.9 Å². The van der Waals surface area contributed by atoms with Crippen LogP contribution in [0.5, 0.6) is 11.5 Å². The number of aliphatic imine (C=N–C) groups is 1. The molecule has 204 valence electrons. The first-order valence-corrected chi connectivity index (χ1v) is 14.5. The summed E-state index contributed by atoms with van der Waals surface area (Å²) in [5.74, 6) is 0.906. The molecular formula is C33H26BrN3O3S. The number of benzene rings is 4. The van der Waals surface area contributed by atoms with Gasteiger partial charge < -0.3 is 9.47 Å². The van der Waals surface area contributed by atoms with E-state index in [2.05, 4.69) is 22.0 Å². The summed E-state index contributed by atoms with van der Waals surface area (Å²) < 4.78 is 12.4. The SMILES string of the molecule is COc1cc(/C=C2/SC(=Nc3ccccc3)N([C@H](C)c3ccccc3)C2=O)c(Br)cc1OCc1ccccc1C#N. The Bertz CT molecular complexity index is 1670. The number of rotatable bonds is 8. The van der Waals surface area contributed by atoms with Crippen molar-refractivity contribution in [2.45, 2.75) is 19.6 Å². The summed E-state index contributed by atoms with van der Waals surface area (Å²) in [4.78, 5) is 21.0. The number of halogens is 1. The number of ether oxygens (including phenoxy) is 2. The number of carbonyl (C=O) groups is 1. The number of hydrogen-bond acceptors (Lipinski definition) is 6. The molecule has 0 bridgehead atoms. The monoisotopic (exact) mass is 623 g/mol. The second kappa shape index (κ2) is 12.9. The molecule has 8 heteroatoms. The Labute approximate surface area is 252 Å². The van der Waals surface area contributed by atoms with Gasteiger partial charge in [-0.3, -0.25) is 9.69 Å². The van der Waals surface area contributed by atoms with Crippen molar-refractivity contribution in [2.24, 2.45) is 4.99 Å². The molecule has 0 aromatic heterocycles. The van der Waals surface area contributed by atoms with E-state index in [1.165, 1.54) is 11.8 Å². The summed E-state index contributed by atoms with van der Waals surface area (Å²) in [6.07, 6.45) is 1.84. The first-order valence-electron chi connectivity index (χ1n) is 12.9. The van der Waals surface area contributed by atoms with Gasteiger partial charge >= 0.3 is 0 Å². The lowest BCUT2D eigenvalue weighted by molar-refractivity contribution is -0.123. The van der Waals surface area contributed by atoms with Crippen molar-refractivity contribution in [2.75, 3.05) is 7.11 Å². The highest BCUT2D eigenvalue weighted by atomic mass is 79.9. The van der Waals surface area contributed by atoms with E-state index in [-0.39, 0.29) is 18.6 Å². The summed E-state index contributed by atoms with van der Waals surface area (Å²) in [5, 5.41) is 10.0. The second-order valence-electron chi connectivity index (χ2n) is 9.18. The van der Waals surface area contributed by atoms with E-state index < -0.39 is 0 Å². The van der Waals surface area contributed by atoms with Crippen LogP contribution in [0.15, 0.2) is 111 Å². The number of nitrogens with zero attached hydrogens (tertiary/aromatic N) is 3. The Kier molecular flexibility index (Phi) is 8.88. The molecule has 4 aromatic rings. The molecule has 0 N–H and O–H groups in total. The molecule has 0 unspecified atom stereocenters. The molecule has 5 rings (SSSR count). The fraction of sp³-hybridized carbons (Fsp3) is 0.121. The third kappa shape index (κ3) is 6.37. The molecule has 1 amide bonds. The Hall–Kier alpha value is -4.32. The zero-order valence-corrected chi connectivity index (χ0v) is 24.9. The van der Waals surface area contributed by atoms with Crippen molar-refractivity contribution in [3.8, 4) is 17.6 Å². The number of thioether (sulfide) groups is 1. The highest BCUT2D eigenvalue weighted by Gasteiger charge is 2.37. The van der Waals surface area contributed by atoms with Crippen LogP contribution in [0.3, 0.4) is 0 Å². The van der Waals surface area contributed by atoms with Gasteiger partial charge in [-0.2, -0.15) is 5.26 Å². The van der Waals surface area contributed by atoms with Crippen molar-refractivity contribution >= 4 is 50.5 Å². The quantitative estimate of drug-likeness (QED) is 0.185. The standard InChI is InChI=1S/C33H26BrN3O3S/c1-22(23-11-5-3-6-12-23)37-32(38)31(41-33(37)36-27-15-7-4-8-16-27)18-26-17-29(39-2)30(19-28(26)34)40-21-25-14-10-9-13-24(25)20-35/h3-19,22H,21H2,1-2H3/b31-18+,36-33?/t22-/m1/s1. The minimum Gasteiger partial charge on any atom is -0.493 e. The maximum absolute atomic E-state index is 13.8. The zero-order valence-electron chi connectivity index (χ0n) is 22.5. The number of carbonyl (C=O) groups excluding carboxylic acids is 1. The molecule has 6 nitrogen and oxygen atoms in total. The van der Waals surface area contributed by atoms with Crippen LogP contribution in [0.4, 0.5) is 5.69 Å². The summed E-state index contributed by atoms with van der Waals surface area (Å²) >= 11 is 4.99. The minimum absolute atomic E-state index is 0.125. The van der Waals surface area contributed by atoms with Gasteiger partial charge in [0, 0.05) is 10.0 Å². The fourth-order valence-corrected chi connectivity index (χ4v) is 5.88. The summed E-state index contributed by atoms with van der Waals surface area (Å²) in [7, 11) is 1.57. The lowest BCUT2D eigenvalue weighted by atomic mass is 10.1. The van der Waals surface area contributed by atoms with Gasteiger partial charge in [0.2, 0.25) is 0 Å². The van der Waals surface area contributed by atoms with Crippen LogP contribution in [0.1, 0.15) is 35.2 Å². The molecule has 0 aliphatic carbocycles. The van der Waals surface area contributed by atoms with E-state index in [4.69, 9.17) is 14.5 Å². The summed E-state index contributed by atoms with van der Waals surface area (Å²) in [6.45, 7) is 2.22. The van der Waals surface area contributed by atoms with Gasteiger partial charge in [-0.25, -0.2) is 4.99 Å². The highest BCUT2D eigenvalue weighted by molar-refractivity contribution is 9.10. The fourth-order valence-electron chi connectivity index (χ4n) is 4.39. The first-order chi connectivity index (χ1) is 20.0. The first kappa shape index (κ1) is 28.2. The summed E-state index contributed by atoms with van der Waals surface area (Å²) in [6, 6.07) is 32.5. The van der Waals surface area contributed by atoms with Crippen molar-refractivity contribution in [1.82, 2.24) is 4.90 Å². The molecule has 0 spiro atoms. The lowest BCUT2D eigenvalue weighted by Gasteiger charge is -2.24. The number of hydrogen-bond donors (Lipinski definition) is 0. The molecule has 1 heterocycles. The Balaban J connectivity index is 1.47. The Morgan fingerprint density at radius 2 is 1.68 bits per heavy atom. The van der Waals surface area contributed by atoms with E-state index in [0.717, 1.165) is 26.9 Å². The van der Waals surface area contributed by atoms with Gasteiger partial charge in [-0.1, -0.05) is 82.7 Å². The maximum Gasteiger partial charge on any atom is 0.267 e. The van der Waals surface area contributed by atoms with E-state index >= 15 is 0 Å². The van der Waals surface area contributed by atoms with Gasteiger partial charge in [-0.05, 0) is 66.2 Å². The molecular weight excluding hydrogens is 598 g/mol. The molecule has 41 heavy (non-hydrogen) atoms. The normalized spacial score (nSPS) is 15.7. The van der Waals surface area contributed by atoms with Crippen molar-refractivity contribution in [3.63, 3.8) is 0 Å². The molecule has 4 aromatic carbocycles. The highest BCUT2D eigenvalue weighted by Crippen LogP contribution is 2.41. The van der Waals surface area contributed by atoms with E-state index in [1.54, 1.807) is 18.1 Å². The van der Waals surface area contributed by atoms with Crippen LogP contribution in [-0.4, -0.2) is 23.1 Å². The third-order valence-electron chi connectivity index (χ3n) is 6.58. The van der Waals surface area contributed by atoms with Gasteiger partial charge in [-0.15, -0.1) is 0 Å². The van der Waals surface area contributed by atoms with E-state index in [9.17, 15) is 10.1 Å². The molecule has 0 saturated carbocycles. The number of para-hydroxylation sites is 1. The van der Waals surface area contributed by atoms with Crippen LogP contribution in [-0.2, 0) is 11.4 Å². The average Bonchev–Trinajstić information content (AvgIpc) is 3.31. The third-order valence-corrected chi connectivity index (χ3v) is 8.25. The van der Waals surface area contributed by atoms with Gasteiger partial charge in [0.25, 0.3) is 5.91 Å². The maximum atomic E-state index is 13.8. The predicted molar refractivity (Wildman–Crippen MR) is 167 cm³/mol. The van der Waals surface area contributed by atoms with Crippen LogP contribution >= 0.6 is 27.7 Å². The van der Waals surface area contributed by atoms with Crippen molar-refractivity contribution in [1.29, 1.82) is 5.26 Å². The summed E-state index contributed by atoms with van der Waals surface area (Å²) in [5.41, 5.74) is 3.90. The smallest absolute Gasteiger partial charge is 0.267 e. The van der Waals surface area contributed by atoms with E-state index in [1.807, 2.05) is 104 Å². The van der Waals surface area contributed by atoms with Gasteiger partial charge in [0.15, 0.2) is 16.7 Å². The minimum atomic E-state index is -0.213. The van der Waals surface area contributed by atoms with E-state index in [0.29, 0.717) is 27.1 Å². The van der Waals surface area contributed by atoms with Crippen LogP contribution < -0.4 is 9.47 Å². The van der Waals surface area contributed by atoms with Crippen molar-refractivity contribution < 1.29 is 14.3 Å². The molecule has 1 fully saturated rings. The molecule has 0 radical (unpaired) electrons. The number of nitriles is 1. The van der Waals surface area contributed by atoms with Crippen molar-refractivity contribution in [3.05, 3.63) is 129 Å². The Morgan fingerprint density at radius 3 is 2.39 bits per heavy atom. The van der Waals surface area contributed by atoms with Crippen LogP contribution in [0, 0.1) is 11.3 Å². The van der Waals surface area contributed by atoms with Gasteiger partial charge in [0.05, 0.1) is 35.4 Å². The lowest BCUT2D eigenvalue weighted by Crippen LogP contribution is -2.32. The molecule has 1 aliphatic heterocycles. The largest absolute Gasteiger partial charge is 0.493 e. The molecule has 1 saturated heterocycles. The Morgan fingerprint density at radius 1 is 1.00 bits per heavy atom. The average molecular weight is 625 g/mol. The number of amides is 1. The molecule has 1 atom stereocenters. The van der Waals surface area contributed by atoms with Crippen LogP contribution in [0.25, 0.3) is 6.08 Å². The zero-order chi connectivity index (χ0) is 28.8.